The van der Waals surface area contributed by atoms with Crippen LogP contribution in [0, 0.1) is 0 Å². The van der Waals surface area contributed by atoms with E-state index >= 15 is 0 Å². The number of amides is 1. The molecule has 162 valence electrons. The molecule has 2 rings (SSSR count). The van der Waals surface area contributed by atoms with Gasteiger partial charge in [0.15, 0.2) is 5.96 Å². The maximum atomic E-state index is 12.0. The molecule has 2 N–H and O–H groups in total. The zero-order valence-corrected chi connectivity index (χ0v) is 18.6. The van der Waals surface area contributed by atoms with Crippen LogP contribution >= 0.6 is 0 Å². The predicted molar refractivity (Wildman–Crippen MR) is 117 cm³/mol. The number of aliphatic imine (C=N–C) groups is 1. The molecule has 1 heterocycles. The number of ether oxygens (including phenoxy) is 2. The molecule has 1 aliphatic heterocycles. The summed E-state index contributed by atoms with van der Waals surface area (Å²) in [7, 11) is 3.48. The average molecular weight is 405 g/mol. The molecular weight excluding hydrogens is 368 g/mol. The summed E-state index contributed by atoms with van der Waals surface area (Å²) in [6.07, 6.45) is 1.52. The van der Waals surface area contributed by atoms with Gasteiger partial charge in [-0.2, -0.15) is 0 Å². The molecule has 2 atom stereocenters. The number of nitrogens with zero attached hydrogens (tertiary/aromatic N) is 2. The number of nitrogens with one attached hydrogen (secondary N) is 2. The molecule has 1 aliphatic rings. The molecule has 0 radical (unpaired) electrons. The van der Waals surface area contributed by atoms with Crippen LogP contribution in [0.1, 0.15) is 52.0 Å². The van der Waals surface area contributed by atoms with Crippen LogP contribution in [-0.2, 0) is 4.74 Å². The van der Waals surface area contributed by atoms with Gasteiger partial charge in [-0.05, 0) is 57.2 Å². The molecule has 7 heteroatoms. The van der Waals surface area contributed by atoms with Crippen molar-refractivity contribution in [2.45, 2.75) is 58.1 Å². The van der Waals surface area contributed by atoms with Crippen LogP contribution in [-0.4, -0.2) is 62.4 Å². The highest BCUT2D eigenvalue weighted by Gasteiger charge is 2.27. The molecule has 0 bridgehead atoms. The summed E-state index contributed by atoms with van der Waals surface area (Å²) in [6, 6.07) is 8.30. The van der Waals surface area contributed by atoms with Gasteiger partial charge in [0.1, 0.15) is 11.4 Å². The lowest BCUT2D eigenvalue weighted by atomic mass is 9.98. The van der Waals surface area contributed by atoms with Gasteiger partial charge in [-0.15, -0.1) is 0 Å². The number of likely N-dealkylation sites (tertiary alicyclic amines) is 1. The Morgan fingerprint density at radius 1 is 1.31 bits per heavy atom. The highest BCUT2D eigenvalue weighted by molar-refractivity contribution is 5.80. The number of alkyl carbamates (subject to hydrolysis) is 1. The van der Waals surface area contributed by atoms with E-state index in [9.17, 15) is 4.79 Å². The Labute approximate surface area is 174 Å². The second-order valence-electron chi connectivity index (χ2n) is 8.51. The molecule has 1 aromatic carbocycles. The van der Waals surface area contributed by atoms with E-state index in [-0.39, 0.29) is 12.1 Å². The van der Waals surface area contributed by atoms with E-state index in [0.717, 1.165) is 44.2 Å². The molecule has 29 heavy (non-hydrogen) atoms. The largest absolute Gasteiger partial charge is 0.497 e. The highest BCUT2D eigenvalue weighted by atomic mass is 16.6. The third-order valence-corrected chi connectivity index (χ3v) is 4.97. The molecule has 0 saturated carbocycles. The molecule has 1 aromatic rings. The molecule has 2 unspecified atom stereocenters. The van der Waals surface area contributed by atoms with Crippen molar-refractivity contribution >= 4 is 12.1 Å². The van der Waals surface area contributed by atoms with Crippen molar-refractivity contribution in [2.24, 2.45) is 4.99 Å². The molecule has 0 aromatic heterocycles. The van der Waals surface area contributed by atoms with Crippen molar-refractivity contribution in [3.05, 3.63) is 29.8 Å². The van der Waals surface area contributed by atoms with Crippen molar-refractivity contribution in [2.75, 3.05) is 33.8 Å². The fourth-order valence-electron chi connectivity index (χ4n) is 3.38. The second-order valence-corrected chi connectivity index (χ2v) is 8.51. The van der Waals surface area contributed by atoms with Gasteiger partial charge in [-0.25, -0.2) is 4.79 Å². The van der Waals surface area contributed by atoms with E-state index in [0.29, 0.717) is 5.92 Å². The third kappa shape index (κ3) is 7.48. The zero-order chi connectivity index (χ0) is 21.4. The van der Waals surface area contributed by atoms with E-state index in [1.54, 1.807) is 14.2 Å². The topological polar surface area (TPSA) is 75.2 Å². The van der Waals surface area contributed by atoms with Gasteiger partial charge in [0.25, 0.3) is 0 Å². The average Bonchev–Trinajstić information content (AvgIpc) is 3.11. The van der Waals surface area contributed by atoms with Crippen molar-refractivity contribution < 1.29 is 14.3 Å². The normalized spacial score (nSPS) is 18.3. The van der Waals surface area contributed by atoms with Crippen LogP contribution < -0.4 is 15.4 Å². The Hall–Kier alpha value is -2.44. The molecule has 0 spiro atoms. The zero-order valence-electron chi connectivity index (χ0n) is 18.6. The standard InChI is InChI=1S/C22H36N4O3/c1-16(17-7-9-19(28-6)10-8-17)11-13-24-20(23-5)26-14-12-18(15-26)25-21(27)29-22(2,3)4/h7-10,16,18H,11-15H2,1-6H3,(H,23,24)(H,25,27). The Bertz CT molecular complexity index is 682. The molecule has 1 saturated heterocycles. The maximum Gasteiger partial charge on any atom is 0.407 e. The Morgan fingerprint density at radius 3 is 2.59 bits per heavy atom. The van der Waals surface area contributed by atoms with Gasteiger partial charge >= 0.3 is 6.09 Å². The number of hydrogen-bond acceptors (Lipinski definition) is 4. The van der Waals surface area contributed by atoms with E-state index in [1.807, 2.05) is 32.9 Å². The lowest BCUT2D eigenvalue weighted by molar-refractivity contribution is 0.0507. The Morgan fingerprint density at radius 2 is 2.00 bits per heavy atom. The molecule has 0 aliphatic carbocycles. The smallest absolute Gasteiger partial charge is 0.407 e. The quantitative estimate of drug-likeness (QED) is 0.562. The Balaban J connectivity index is 1.76. The SMILES string of the molecule is CN=C(NCCC(C)c1ccc(OC)cc1)N1CCC(NC(=O)OC(C)(C)C)C1. The van der Waals surface area contributed by atoms with E-state index in [4.69, 9.17) is 9.47 Å². The van der Waals surface area contributed by atoms with E-state index < -0.39 is 5.60 Å². The van der Waals surface area contributed by atoms with Gasteiger partial charge in [0.2, 0.25) is 0 Å². The van der Waals surface area contributed by atoms with Crippen LogP contribution in [0.25, 0.3) is 0 Å². The van der Waals surface area contributed by atoms with Crippen LogP contribution in [0.2, 0.25) is 0 Å². The number of hydrogen-bond donors (Lipinski definition) is 2. The minimum Gasteiger partial charge on any atom is -0.497 e. The summed E-state index contributed by atoms with van der Waals surface area (Å²) in [6.45, 7) is 10.2. The lowest BCUT2D eigenvalue weighted by Gasteiger charge is -2.24. The first-order chi connectivity index (χ1) is 13.7. The maximum absolute atomic E-state index is 12.0. The monoisotopic (exact) mass is 404 g/mol. The summed E-state index contributed by atoms with van der Waals surface area (Å²) in [5, 5.41) is 6.41. The minimum absolute atomic E-state index is 0.0709. The van der Waals surface area contributed by atoms with Crippen LogP contribution in [0.4, 0.5) is 4.79 Å². The van der Waals surface area contributed by atoms with Crippen molar-refractivity contribution in [1.29, 1.82) is 0 Å². The van der Waals surface area contributed by atoms with E-state index in [2.05, 4.69) is 39.6 Å². The molecule has 1 amide bonds. The van der Waals surface area contributed by atoms with Crippen LogP contribution in [0.5, 0.6) is 5.75 Å². The van der Waals surface area contributed by atoms with Crippen LogP contribution in [0.15, 0.2) is 29.3 Å². The summed E-state index contributed by atoms with van der Waals surface area (Å²) in [5.74, 6) is 2.19. The summed E-state index contributed by atoms with van der Waals surface area (Å²) in [5.41, 5.74) is 0.811. The predicted octanol–water partition coefficient (Wildman–Crippen LogP) is 3.36. The second kappa shape index (κ2) is 10.4. The molecule has 1 fully saturated rings. The summed E-state index contributed by atoms with van der Waals surface area (Å²) in [4.78, 5) is 18.6. The van der Waals surface area contributed by atoms with Gasteiger partial charge in [-0.1, -0.05) is 19.1 Å². The number of guanidine groups is 1. The number of carbonyl (C=O) groups excluding carboxylic acids is 1. The van der Waals surface area contributed by atoms with Crippen molar-refractivity contribution in [1.82, 2.24) is 15.5 Å². The first kappa shape index (κ1) is 22.8. The fraction of sp³-hybridized carbons (Fsp3) is 0.636. The lowest BCUT2D eigenvalue weighted by Crippen LogP contribution is -2.44. The number of carbonyl (C=O) groups is 1. The first-order valence-corrected chi connectivity index (χ1v) is 10.3. The third-order valence-electron chi connectivity index (χ3n) is 4.97. The summed E-state index contributed by atoms with van der Waals surface area (Å²) < 4.78 is 10.6. The van der Waals surface area contributed by atoms with Gasteiger partial charge in [0.05, 0.1) is 13.2 Å². The van der Waals surface area contributed by atoms with Crippen molar-refractivity contribution in [3.63, 3.8) is 0 Å². The number of benzene rings is 1. The fourth-order valence-corrected chi connectivity index (χ4v) is 3.38. The van der Waals surface area contributed by atoms with Crippen LogP contribution in [0.3, 0.4) is 0 Å². The van der Waals surface area contributed by atoms with Gasteiger partial charge in [-0.3, -0.25) is 4.99 Å². The molecular formula is C22H36N4O3. The van der Waals surface area contributed by atoms with E-state index in [1.165, 1.54) is 5.56 Å². The summed E-state index contributed by atoms with van der Waals surface area (Å²) >= 11 is 0. The molecule has 7 nitrogen and oxygen atoms in total. The number of methoxy groups -OCH3 is 1. The van der Waals surface area contributed by atoms with Crippen molar-refractivity contribution in [3.8, 4) is 5.75 Å². The number of rotatable bonds is 6. The highest BCUT2D eigenvalue weighted by Crippen LogP contribution is 2.21. The minimum atomic E-state index is -0.486. The van der Waals surface area contributed by atoms with Gasteiger partial charge in [0, 0.05) is 26.7 Å². The van der Waals surface area contributed by atoms with Gasteiger partial charge < -0.3 is 25.0 Å². The first-order valence-electron chi connectivity index (χ1n) is 10.3. The Kier molecular flexibility index (Phi) is 8.17.